The highest BCUT2D eigenvalue weighted by molar-refractivity contribution is 5.80. The van der Waals surface area contributed by atoms with Crippen molar-refractivity contribution in [3.63, 3.8) is 0 Å². The molecule has 1 N–H and O–H groups in total. The van der Waals surface area contributed by atoms with Gasteiger partial charge in [-0.15, -0.1) is 0 Å². The summed E-state index contributed by atoms with van der Waals surface area (Å²) < 4.78 is 0. The van der Waals surface area contributed by atoms with E-state index in [1.165, 1.54) is 16.7 Å². The van der Waals surface area contributed by atoms with E-state index in [-0.39, 0.29) is 0 Å². The fourth-order valence-corrected chi connectivity index (χ4v) is 1.54. The minimum Gasteiger partial charge on any atom is -0.313 e. The van der Waals surface area contributed by atoms with Gasteiger partial charge in [-0.3, -0.25) is 0 Å². The predicted octanol–water partition coefficient (Wildman–Crippen LogP) is 3.46. The Balaban J connectivity index is 0.000000134. The molecule has 0 spiro atoms. The van der Waals surface area contributed by atoms with Crippen LogP contribution < -0.4 is 5.32 Å². The molecule has 0 unspecified atom stereocenters. The maximum Gasteiger partial charge on any atom is 0.0205 e. The lowest BCUT2D eigenvalue weighted by atomic mass is 10.2. The van der Waals surface area contributed by atoms with Crippen molar-refractivity contribution in [2.45, 2.75) is 13.5 Å². The summed E-state index contributed by atoms with van der Waals surface area (Å²) in [5.74, 6) is 0. The van der Waals surface area contributed by atoms with E-state index in [4.69, 9.17) is 0 Å². The number of fused-ring (bicyclic) bond motifs is 1. The van der Waals surface area contributed by atoms with E-state index >= 15 is 0 Å². The molecule has 0 amide bonds. The van der Waals surface area contributed by atoms with Crippen molar-refractivity contribution in [2.75, 3.05) is 6.54 Å². The normalized spacial score (nSPS) is 10.3. The standard InChI is InChI=1S/C9H13N.C6H4/c1-2-10-8-9-6-4-3-5-7-9;1-2-5-4-6(5)3-1/h3-7,10H,2,8H2,1H3;1-4H. The number of hydrogen-bond acceptors (Lipinski definition) is 1. The van der Waals surface area contributed by atoms with Crippen LogP contribution in [-0.4, -0.2) is 6.54 Å². The van der Waals surface area contributed by atoms with E-state index in [1.807, 2.05) is 6.07 Å². The molecule has 82 valence electrons. The van der Waals surface area contributed by atoms with Crippen LogP contribution in [0.2, 0.25) is 0 Å². The van der Waals surface area contributed by atoms with Crippen LogP contribution in [0, 0.1) is 0 Å². The number of nitrogens with one attached hydrogen (secondary N) is 1. The molecule has 0 fully saturated rings. The summed E-state index contributed by atoms with van der Waals surface area (Å²) in [6.45, 7) is 4.13. The molecule has 0 bridgehead atoms. The van der Waals surface area contributed by atoms with Gasteiger partial charge in [0.15, 0.2) is 0 Å². The Bertz CT molecular complexity index is 417. The highest BCUT2D eigenvalue weighted by Crippen LogP contribution is 2.32. The largest absolute Gasteiger partial charge is 0.313 e. The summed E-state index contributed by atoms with van der Waals surface area (Å²) in [5, 5.41) is 3.26. The lowest BCUT2D eigenvalue weighted by Crippen LogP contribution is -2.11. The first-order chi connectivity index (χ1) is 7.90. The molecule has 16 heavy (non-hydrogen) atoms. The fourth-order valence-electron chi connectivity index (χ4n) is 1.54. The first-order valence-electron chi connectivity index (χ1n) is 5.75. The van der Waals surface area contributed by atoms with Gasteiger partial charge in [-0.1, -0.05) is 55.5 Å². The van der Waals surface area contributed by atoms with E-state index in [0.29, 0.717) is 0 Å². The van der Waals surface area contributed by atoms with Crippen LogP contribution in [0.4, 0.5) is 0 Å². The molecule has 0 atom stereocenters. The SMILES string of the molecule is CCNCc1ccccc1.c1cc2cc-2c1. The molecule has 0 aliphatic heterocycles. The Morgan fingerprint density at radius 3 is 2.00 bits per heavy atom. The van der Waals surface area contributed by atoms with Gasteiger partial charge in [0, 0.05) is 6.54 Å². The maximum absolute atomic E-state index is 3.26. The van der Waals surface area contributed by atoms with Gasteiger partial charge < -0.3 is 5.32 Å². The van der Waals surface area contributed by atoms with Gasteiger partial charge in [-0.25, -0.2) is 0 Å². The molecule has 0 heterocycles. The van der Waals surface area contributed by atoms with Crippen molar-refractivity contribution in [2.24, 2.45) is 0 Å². The Labute approximate surface area is 97.1 Å². The zero-order valence-electron chi connectivity index (χ0n) is 9.61. The third-order valence-electron chi connectivity index (χ3n) is 2.53. The summed E-state index contributed by atoms with van der Waals surface area (Å²) >= 11 is 0. The average molecular weight is 211 g/mol. The molecule has 0 saturated heterocycles. The van der Waals surface area contributed by atoms with E-state index in [9.17, 15) is 0 Å². The number of benzene rings is 2. The predicted molar refractivity (Wildman–Crippen MR) is 69.3 cm³/mol. The molecule has 0 saturated carbocycles. The summed E-state index contributed by atoms with van der Waals surface area (Å²) in [4.78, 5) is 0. The van der Waals surface area contributed by atoms with E-state index in [2.05, 4.69) is 60.8 Å². The second kappa shape index (κ2) is 5.47. The minimum atomic E-state index is 0.983. The van der Waals surface area contributed by atoms with Crippen molar-refractivity contribution in [3.05, 3.63) is 60.2 Å². The summed E-state index contributed by atoms with van der Waals surface area (Å²) in [5.41, 5.74) is 4.20. The van der Waals surface area contributed by atoms with Crippen molar-refractivity contribution >= 4 is 0 Å². The highest BCUT2D eigenvalue weighted by atomic mass is 14.8. The molecule has 1 aromatic rings. The molecule has 0 aromatic heterocycles. The minimum absolute atomic E-state index is 0.983. The number of hydrogen-bond donors (Lipinski definition) is 1. The Morgan fingerprint density at radius 1 is 0.875 bits per heavy atom. The second-order valence-electron chi connectivity index (χ2n) is 3.85. The van der Waals surface area contributed by atoms with Crippen LogP contribution in [-0.2, 0) is 6.54 Å². The quantitative estimate of drug-likeness (QED) is 0.699. The van der Waals surface area contributed by atoms with Crippen LogP contribution in [0.1, 0.15) is 12.5 Å². The van der Waals surface area contributed by atoms with Crippen molar-refractivity contribution in [3.8, 4) is 11.1 Å². The molecule has 1 nitrogen and oxygen atoms in total. The molecule has 2 aliphatic carbocycles. The third kappa shape index (κ3) is 3.21. The van der Waals surface area contributed by atoms with Gasteiger partial charge in [-0.05, 0) is 29.3 Å². The third-order valence-corrected chi connectivity index (χ3v) is 2.53. The lowest BCUT2D eigenvalue weighted by Gasteiger charge is -1.99. The van der Waals surface area contributed by atoms with Gasteiger partial charge in [0.1, 0.15) is 0 Å². The van der Waals surface area contributed by atoms with Crippen molar-refractivity contribution in [1.82, 2.24) is 5.32 Å². The molecule has 1 heteroatoms. The van der Waals surface area contributed by atoms with Crippen molar-refractivity contribution in [1.29, 1.82) is 0 Å². The first kappa shape index (κ1) is 10.9. The van der Waals surface area contributed by atoms with E-state index in [0.717, 1.165) is 13.1 Å². The van der Waals surface area contributed by atoms with Crippen LogP contribution in [0.3, 0.4) is 0 Å². The van der Waals surface area contributed by atoms with Crippen molar-refractivity contribution < 1.29 is 0 Å². The molecular formula is C15H17N. The van der Waals surface area contributed by atoms with Gasteiger partial charge in [0.2, 0.25) is 0 Å². The molecule has 3 rings (SSSR count). The lowest BCUT2D eigenvalue weighted by molar-refractivity contribution is 0.727. The molecule has 1 aromatic carbocycles. The summed E-state index contributed by atoms with van der Waals surface area (Å²) in [6.07, 6.45) is 0. The Hall–Kier alpha value is -1.60. The molecule has 2 aliphatic rings. The second-order valence-corrected chi connectivity index (χ2v) is 3.85. The van der Waals surface area contributed by atoms with Gasteiger partial charge in [-0.2, -0.15) is 0 Å². The molecule has 0 radical (unpaired) electrons. The van der Waals surface area contributed by atoms with E-state index in [1.54, 1.807) is 0 Å². The van der Waals surface area contributed by atoms with Crippen LogP contribution in [0.15, 0.2) is 54.6 Å². The van der Waals surface area contributed by atoms with Crippen LogP contribution >= 0.6 is 0 Å². The van der Waals surface area contributed by atoms with Gasteiger partial charge in [0.25, 0.3) is 0 Å². The zero-order valence-corrected chi connectivity index (χ0v) is 9.61. The summed E-state index contributed by atoms with van der Waals surface area (Å²) in [6, 6.07) is 18.9. The zero-order chi connectivity index (χ0) is 11.2. The Kier molecular flexibility index (Phi) is 3.73. The van der Waals surface area contributed by atoms with Crippen LogP contribution in [0.25, 0.3) is 11.1 Å². The highest BCUT2D eigenvalue weighted by Gasteiger charge is 2.06. The maximum atomic E-state index is 3.26. The number of rotatable bonds is 3. The van der Waals surface area contributed by atoms with Gasteiger partial charge in [0.05, 0.1) is 0 Å². The molecular weight excluding hydrogens is 194 g/mol. The first-order valence-corrected chi connectivity index (χ1v) is 5.75. The summed E-state index contributed by atoms with van der Waals surface area (Å²) in [7, 11) is 0. The monoisotopic (exact) mass is 211 g/mol. The fraction of sp³-hybridized carbons (Fsp3) is 0.200. The smallest absolute Gasteiger partial charge is 0.0205 e. The van der Waals surface area contributed by atoms with E-state index < -0.39 is 0 Å². The van der Waals surface area contributed by atoms with Gasteiger partial charge >= 0.3 is 0 Å². The topological polar surface area (TPSA) is 12.0 Å². The van der Waals surface area contributed by atoms with Crippen LogP contribution in [0.5, 0.6) is 0 Å². The average Bonchev–Trinajstić information content (AvgIpc) is 2.96. The Morgan fingerprint density at radius 2 is 1.56 bits per heavy atom.